The van der Waals surface area contributed by atoms with Crippen LogP contribution in [0.1, 0.15) is 28.2 Å². The van der Waals surface area contributed by atoms with Gasteiger partial charge < -0.3 is 19.4 Å². The highest BCUT2D eigenvalue weighted by Crippen LogP contribution is 2.27. The van der Waals surface area contributed by atoms with Gasteiger partial charge in [0.05, 0.1) is 6.61 Å². The molecule has 0 saturated heterocycles. The standard InChI is InChI=1S/C22H25N3O3/c1-27-14-10-21-24-18-8-7-17(15-20(18)28-21)22(26)23-11-4-12-25-13-9-16-5-2-3-6-19(16)25/h2-3,5-8,15H,4,9-14H2,1H3,(H,23,26). The largest absolute Gasteiger partial charge is 0.441 e. The van der Waals surface area contributed by atoms with Crippen molar-refractivity contribution in [3.63, 3.8) is 0 Å². The van der Waals surface area contributed by atoms with Gasteiger partial charge in [-0.2, -0.15) is 0 Å². The number of carbonyl (C=O) groups excluding carboxylic acids is 1. The molecule has 4 rings (SSSR count). The molecular weight excluding hydrogens is 354 g/mol. The fraction of sp³-hybridized carbons (Fsp3) is 0.364. The maximum Gasteiger partial charge on any atom is 0.251 e. The summed E-state index contributed by atoms with van der Waals surface area (Å²) in [7, 11) is 1.65. The Morgan fingerprint density at radius 3 is 3.07 bits per heavy atom. The van der Waals surface area contributed by atoms with Crippen LogP contribution in [-0.4, -0.2) is 44.2 Å². The highest BCUT2D eigenvalue weighted by Gasteiger charge is 2.17. The van der Waals surface area contributed by atoms with Crippen LogP contribution < -0.4 is 10.2 Å². The lowest BCUT2D eigenvalue weighted by atomic mass is 10.2. The number of hydrogen-bond donors (Lipinski definition) is 1. The maximum atomic E-state index is 12.5. The first kappa shape index (κ1) is 18.5. The number of ether oxygens (including phenoxy) is 1. The van der Waals surface area contributed by atoms with Crippen LogP contribution in [0, 0.1) is 0 Å². The first-order valence-electron chi connectivity index (χ1n) is 9.74. The Morgan fingerprint density at radius 1 is 1.29 bits per heavy atom. The lowest BCUT2D eigenvalue weighted by Crippen LogP contribution is -2.29. The Bertz CT molecular complexity index is 967. The number of methoxy groups -OCH3 is 1. The number of hydrogen-bond acceptors (Lipinski definition) is 5. The van der Waals surface area contributed by atoms with Crippen molar-refractivity contribution in [2.24, 2.45) is 0 Å². The van der Waals surface area contributed by atoms with E-state index in [1.165, 1.54) is 11.3 Å². The number of carbonyl (C=O) groups is 1. The van der Waals surface area contributed by atoms with Crippen LogP contribution in [0.4, 0.5) is 5.69 Å². The van der Waals surface area contributed by atoms with E-state index in [2.05, 4.69) is 39.5 Å². The van der Waals surface area contributed by atoms with E-state index in [1.807, 2.05) is 6.07 Å². The number of anilines is 1. The highest BCUT2D eigenvalue weighted by atomic mass is 16.5. The molecule has 146 valence electrons. The van der Waals surface area contributed by atoms with Crippen LogP contribution in [0.5, 0.6) is 0 Å². The molecule has 28 heavy (non-hydrogen) atoms. The van der Waals surface area contributed by atoms with Crippen LogP contribution >= 0.6 is 0 Å². The van der Waals surface area contributed by atoms with Gasteiger partial charge in [-0.25, -0.2) is 4.98 Å². The van der Waals surface area contributed by atoms with Crippen molar-refractivity contribution >= 4 is 22.7 Å². The van der Waals surface area contributed by atoms with E-state index < -0.39 is 0 Å². The second-order valence-electron chi connectivity index (χ2n) is 7.01. The lowest BCUT2D eigenvalue weighted by Gasteiger charge is -2.19. The number of nitrogens with zero attached hydrogens (tertiary/aromatic N) is 2. The molecule has 6 heteroatoms. The van der Waals surface area contributed by atoms with E-state index >= 15 is 0 Å². The molecule has 0 saturated carbocycles. The summed E-state index contributed by atoms with van der Waals surface area (Å²) in [6, 6.07) is 13.9. The number of aromatic nitrogens is 1. The minimum Gasteiger partial charge on any atom is -0.441 e. The van der Waals surface area contributed by atoms with Crippen LogP contribution in [0.15, 0.2) is 46.9 Å². The van der Waals surface area contributed by atoms with Crippen molar-refractivity contribution in [1.82, 2.24) is 10.3 Å². The van der Waals surface area contributed by atoms with Crippen LogP contribution in [0.25, 0.3) is 11.1 Å². The zero-order chi connectivity index (χ0) is 19.3. The number of rotatable bonds is 8. The van der Waals surface area contributed by atoms with Crippen LogP contribution in [-0.2, 0) is 17.6 Å². The Kier molecular flexibility index (Phi) is 5.58. The van der Waals surface area contributed by atoms with E-state index in [9.17, 15) is 4.79 Å². The number of oxazole rings is 1. The second-order valence-corrected chi connectivity index (χ2v) is 7.01. The molecule has 0 unspecified atom stereocenters. The van der Waals surface area contributed by atoms with E-state index in [1.54, 1.807) is 19.2 Å². The molecule has 1 N–H and O–H groups in total. The molecule has 0 aliphatic carbocycles. The maximum absolute atomic E-state index is 12.5. The van der Waals surface area contributed by atoms with Gasteiger partial charge in [0, 0.05) is 44.4 Å². The second kappa shape index (κ2) is 8.44. The smallest absolute Gasteiger partial charge is 0.251 e. The van der Waals surface area contributed by atoms with Crippen LogP contribution in [0.3, 0.4) is 0 Å². The topological polar surface area (TPSA) is 67.6 Å². The van der Waals surface area contributed by atoms with Gasteiger partial charge in [0.25, 0.3) is 5.91 Å². The van der Waals surface area contributed by atoms with E-state index in [-0.39, 0.29) is 5.91 Å². The van der Waals surface area contributed by atoms with Crippen molar-refractivity contribution in [2.75, 3.05) is 38.3 Å². The number of amides is 1. The normalized spacial score (nSPS) is 13.1. The molecule has 1 aliphatic rings. The van der Waals surface area contributed by atoms with E-state index in [4.69, 9.17) is 9.15 Å². The van der Waals surface area contributed by atoms with Gasteiger partial charge in [-0.15, -0.1) is 0 Å². The van der Waals surface area contributed by atoms with Gasteiger partial charge in [-0.3, -0.25) is 4.79 Å². The Balaban J connectivity index is 1.29. The van der Waals surface area contributed by atoms with Gasteiger partial charge in [-0.05, 0) is 42.7 Å². The van der Waals surface area contributed by atoms with Crippen molar-refractivity contribution in [3.05, 3.63) is 59.5 Å². The highest BCUT2D eigenvalue weighted by molar-refractivity contribution is 5.97. The number of fused-ring (bicyclic) bond motifs is 2. The quantitative estimate of drug-likeness (QED) is 0.609. The van der Waals surface area contributed by atoms with Crippen LogP contribution in [0.2, 0.25) is 0 Å². The van der Waals surface area contributed by atoms with Crippen molar-refractivity contribution < 1.29 is 13.9 Å². The molecule has 0 fully saturated rings. The molecule has 0 bridgehead atoms. The third kappa shape index (κ3) is 4.02. The number of benzene rings is 2. The molecule has 0 atom stereocenters. The molecule has 1 amide bonds. The summed E-state index contributed by atoms with van der Waals surface area (Å²) in [5.41, 5.74) is 4.72. The molecule has 3 aromatic rings. The predicted molar refractivity (Wildman–Crippen MR) is 109 cm³/mol. The van der Waals surface area contributed by atoms with E-state index in [0.29, 0.717) is 36.6 Å². The Labute approximate surface area is 164 Å². The zero-order valence-corrected chi connectivity index (χ0v) is 16.1. The first-order valence-corrected chi connectivity index (χ1v) is 9.74. The Hall–Kier alpha value is -2.86. The molecule has 0 spiro atoms. The van der Waals surface area contributed by atoms with Crippen molar-refractivity contribution in [1.29, 1.82) is 0 Å². The summed E-state index contributed by atoms with van der Waals surface area (Å²) in [5.74, 6) is 0.541. The SMILES string of the molecule is COCCc1nc2ccc(C(=O)NCCCN3CCc4ccccc43)cc2o1. The van der Waals surface area contributed by atoms with Crippen molar-refractivity contribution in [2.45, 2.75) is 19.3 Å². The summed E-state index contributed by atoms with van der Waals surface area (Å²) in [6.45, 7) is 3.20. The Morgan fingerprint density at radius 2 is 2.18 bits per heavy atom. The minimum absolute atomic E-state index is 0.0847. The van der Waals surface area contributed by atoms with Gasteiger partial charge >= 0.3 is 0 Å². The van der Waals surface area contributed by atoms with Crippen molar-refractivity contribution in [3.8, 4) is 0 Å². The molecule has 2 aromatic carbocycles. The lowest BCUT2D eigenvalue weighted by molar-refractivity contribution is 0.0953. The summed E-state index contributed by atoms with van der Waals surface area (Å²) in [4.78, 5) is 19.3. The predicted octanol–water partition coefficient (Wildman–Crippen LogP) is 3.20. The van der Waals surface area contributed by atoms with Gasteiger partial charge in [-0.1, -0.05) is 18.2 Å². The molecule has 2 heterocycles. The average molecular weight is 379 g/mol. The van der Waals surface area contributed by atoms with Gasteiger partial charge in [0.2, 0.25) is 0 Å². The third-order valence-electron chi connectivity index (χ3n) is 5.09. The summed E-state index contributed by atoms with van der Waals surface area (Å²) in [6.07, 6.45) is 2.63. The zero-order valence-electron chi connectivity index (χ0n) is 16.1. The molecule has 0 radical (unpaired) electrons. The average Bonchev–Trinajstić information content (AvgIpc) is 3.32. The third-order valence-corrected chi connectivity index (χ3v) is 5.09. The number of nitrogens with one attached hydrogen (secondary N) is 1. The summed E-state index contributed by atoms with van der Waals surface area (Å²) < 4.78 is 10.8. The minimum atomic E-state index is -0.0847. The number of para-hydroxylation sites is 1. The molecule has 1 aliphatic heterocycles. The summed E-state index contributed by atoms with van der Waals surface area (Å²) in [5, 5.41) is 3.00. The molecule has 1 aromatic heterocycles. The van der Waals surface area contributed by atoms with Gasteiger partial charge in [0.15, 0.2) is 11.5 Å². The molecule has 6 nitrogen and oxygen atoms in total. The monoisotopic (exact) mass is 379 g/mol. The fourth-order valence-electron chi connectivity index (χ4n) is 3.62. The van der Waals surface area contributed by atoms with Gasteiger partial charge in [0.1, 0.15) is 5.52 Å². The van der Waals surface area contributed by atoms with E-state index in [0.717, 1.165) is 31.4 Å². The fourth-order valence-corrected chi connectivity index (χ4v) is 3.62. The first-order chi connectivity index (χ1) is 13.7. The molecular formula is C22H25N3O3. The summed E-state index contributed by atoms with van der Waals surface area (Å²) >= 11 is 0.